The summed E-state index contributed by atoms with van der Waals surface area (Å²) in [5.41, 5.74) is 1.92. The molecular formula is C15H13N3O3. The van der Waals surface area contributed by atoms with Gasteiger partial charge in [0.15, 0.2) is 5.76 Å². The predicted molar refractivity (Wildman–Crippen MR) is 73.4 cm³/mol. The van der Waals surface area contributed by atoms with E-state index in [-0.39, 0.29) is 6.04 Å². The molecule has 0 spiro atoms. The summed E-state index contributed by atoms with van der Waals surface area (Å²) < 4.78 is 5.31. The highest BCUT2D eigenvalue weighted by Gasteiger charge is 2.32. The Bertz CT molecular complexity index is 717. The minimum Gasteiger partial charge on any atom is -0.465 e. The maximum atomic E-state index is 11.2. The van der Waals surface area contributed by atoms with Gasteiger partial charge in [0.25, 0.3) is 0 Å². The van der Waals surface area contributed by atoms with E-state index in [0.717, 1.165) is 18.4 Å². The summed E-state index contributed by atoms with van der Waals surface area (Å²) in [5.74, 6) is 0.541. The molecule has 6 heteroatoms. The summed E-state index contributed by atoms with van der Waals surface area (Å²) in [6.45, 7) is 0.520. The number of carboxylic acid groups (broad SMARTS) is 1. The molecule has 1 aliphatic heterocycles. The van der Waals surface area contributed by atoms with E-state index < -0.39 is 6.09 Å². The largest absolute Gasteiger partial charge is 0.465 e. The lowest BCUT2D eigenvalue weighted by molar-refractivity contribution is 0.138. The van der Waals surface area contributed by atoms with Crippen LogP contribution in [0.5, 0.6) is 0 Å². The van der Waals surface area contributed by atoms with E-state index in [1.54, 1.807) is 24.3 Å². The fourth-order valence-electron chi connectivity index (χ4n) is 2.63. The van der Waals surface area contributed by atoms with Crippen molar-refractivity contribution in [2.45, 2.75) is 18.9 Å². The van der Waals surface area contributed by atoms with E-state index in [1.165, 1.54) is 4.90 Å². The van der Waals surface area contributed by atoms with Crippen LogP contribution in [0.2, 0.25) is 0 Å². The van der Waals surface area contributed by atoms with Crippen molar-refractivity contribution >= 4 is 6.09 Å². The molecule has 1 amide bonds. The van der Waals surface area contributed by atoms with Crippen molar-refractivity contribution in [1.29, 1.82) is 5.26 Å². The van der Waals surface area contributed by atoms with Crippen LogP contribution in [-0.4, -0.2) is 27.8 Å². The standard InChI is InChI=1S/C15H13N3O3/c16-9-10-3-1-4-11(7-10)14-8-12(17-21-14)13-5-2-6-18(13)15(19)20/h1,3-4,7-8,13H,2,5-6H2,(H,19,20)/t13-/m1/s1. The average Bonchev–Trinajstić information content (AvgIpc) is 3.15. The third kappa shape index (κ3) is 2.46. The van der Waals surface area contributed by atoms with Crippen molar-refractivity contribution in [3.63, 3.8) is 0 Å². The van der Waals surface area contributed by atoms with Gasteiger partial charge in [0.05, 0.1) is 17.7 Å². The number of likely N-dealkylation sites (tertiary alicyclic amines) is 1. The van der Waals surface area contributed by atoms with E-state index in [4.69, 9.17) is 14.9 Å². The van der Waals surface area contributed by atoms with Gasteiger partial charge in [-0.3, -0.25) is 4.90 Å². The molecule has 106 valence electrons. The van der Waals surface area contributed by atoms with Gasteiger partial charge in [0, 0.05) is 18.2 Å². The molecule has 0 radical (unpaired) electrons. The quantitative estimate of drug-likeness (QED) is 0.914. The topological polar surface area (TPSA) is 90.4 Å². The molecule has 1 N–H and O–H groups in total. The van der Waals surface area contributed by atoms with Crippen molar-refractivity contribution in [3.8, 4) is 17.4 Å². The smallest absolute Gasteiger partial charge is 0.407 e. The fourth-order valence-corrected chi connectivity index (χ4v) is 2.63. The number of rotatable bonds is 2. The first-order chi connectivity index (χ1) is 10.2. The summed E-state index contributed by atoms with van der Waals surface area (Å²) in [5, 5.41) is 22.1. The van der Waals surface area contributed by atoms with Gasteiger partial charge >= 0.3 is 6.09 Å². The Labute approximate surface area is 121 Å². The Balaban J connectivity index is 1.89. The number of hydrogen-bond acceptors (Lipinski definition) is 4. The summed E-state index contributed by atoms with van der Waals surface area (Å²) in [7, 11) is 0. The molecule has 1 aromatic heterocycles. The van der Waals surface area contributed by atoms with E-state index in [2.05, 4.69) is 11.2 Å². The lowest BCUT2D eigenvalue weighted by Gasteiger charge is -2.18. The number of hydrogen-bond donors (Lipinski definition) is 1. The molecule has 1 fully saturated rings. The van der Waals surface area contributed by atoms with Crippen LogP contribution in [0.1, 0.15) is 30.1 Å². The number of benzene rings is 1. The van der Waals surface area contributed by atoms with Gasteiger partial charge in [-0.1, -0.05) is 17.3 Å². The average molecular weight is 283 g/mol. The molecule has 6 nitrogen and oxygen atoms in total. The van der Waals surface area contributed by atoms with Gasteiger partial charge in [0.2, 0.25) is 0 Å². The second-order valence-corrected chi connectivity index (χ2v) is 4.94. The fraction of sp³-hybridized carbons (Fsp3) is 0.267. The zero-order valence-electron chi connectivity index (χ0n) is 11.2. The first-order valence-electron chi connectivity index (χ1n) is 6.66. The molecule has 0 saturated carbocycles. The van der Waals surface area contributed by atoms with Crippen LogP contribution < -0.4 is 0 Å². The van der Waals surface area contributed by atoms with E-state index in [0.29, 0.717) is 23.6 Å². The van der Waals surface area contributed by atoms with Gasteiger partial charge in [-0.05, 0) is 25.0 Å². The normalized spacial score (nSPS) is 17.7. The Kier molecular flexibility index (Phi) is 3.32. The summed E-state index contributed by atoms with van der Waals surface area (Å²) in [4.78, 5) is 12.6. The monoisotopic (exact) mass is 283 g/mol. The number of carbonyl (C=O) groups is 1. The Hall–Kier alpha value is -2.81. The van der Waals surface area contributed by atoms with Crippen LogP contribution in [0.15, 0.2) is 34.9 Å². The highest BCUT2D eigenvalue weighted by molar-refractivity contribution is 5.66. The first kappa shape index (κ1) is 13.2. The molecular weight excluding hydrogens is 270 g/mol. The van der Waals surface area contributed by atoms with Gasteiger partial charge in [-0.15, -0.1) is 0 Å². The van der Waals surface area contributed by atoms with Crippen LogP contribution in [0.4, 0.5) is 4.79 Å². The molecule has 21 heavy (non-hydrogen) atoms. The molecule has 1 aromatic carbocycles. The molecule has 2 aromatic rings. The van der Waals surface area contributed by atoms with Crippen molar-refractivity contribution in [2.24, 2.45) is 0 Å². The van der Waals surface area contributed by atoms with E-state index in [9.17, 15) is 4.79 Å². The van der Waals surface area contributed by atoms with Crippen LogP contribution >= 0.6 is 0 Å². The third-order valence-electron chi connectivity index (χ3n) is 3.64. The minimum atomic E-state index is -0.937. The van der Waals surface area contributed by atoms with Crippen LogP contribution in [0.25, 0.3) is 11.3 Å². The number of nitriles is 1. The maximum Gasteiger partial charge on any atom is 0.407 e. The lowest BCUT2D eigenvalue weighted by atomic mass is 10.1. The molecule has 0 bridgehead atoms. The van der Waals surface area contributed by atoms with E-state index in [1.807, 2.05) is 6.07 Å². The molecule has 1 atom stereocenters. The van der Waals surface area contributed by atoms with Gasteiger partial charge < -0.3 is 9.63 Å². The number of aromatic nitrogens is 1. The maximum absolute atomic E-state index is 11.2. The molecule has 1 aliphatic rings. The predicted octanol–water partition coefficient (Wildman–Crippen LogP) is 3.03. The molecule has 2 heterocycles. The summed E-state index contributed by atoms with van der Waals surface area (Å²) in [6, 6.07) is 10.6. The zero-order valence-corrected chi connectivity index (χ0v) is 11.2. The Morgan fingerprint density at radius 1 is 1.48 bits per heavy atom. The number of nitrogens with zero attached hydrogens (tertiary/aromatic N) is 3. The van der Waals surface area contributed by atoms with Crippen molar-refractivity contribution in [3.05, 3.63) is 41.6 Å². The molecule has 0 aliphatic carbocycles. The van der Waals surface area contributed by atoms with Gasteiger partial charge in [-0.2, -0.15) is 5.26 Å². The second-order valence-electron chi connectivity index (χ2n) is 4.94. The minimum absolute atomic E-state index is 0.251. The Morgan fingerprint density at radius 3 is 3.10 bits per heavy atom. The highest BCUT2D eigenvalue weighted by atomic mass is 16.5. The van der Waals surface area contributed by atoms with Crippen LogP contribution in [-0.2, 0) is 0 Å². The lowest BCUT2D eigenvalue weighted by Crippen LogP contribution is -2.28. The van der Waals surface area contributed by atoms with Crippen molar-refractivity contribution in [1.82, 2.24) is 10.1 Å². The first-order valence-corrected chi connectivity index (χ1v) is 6.66. The van der Waals surface area contributed by atoms with Crippen molar-refractivity contribution in [2.75, 3.05) is 6.54 Å². The molecule has 0 unspecified atom stereocenters. The second kappa shape index (κ2) is 5.29. The summed E-state index contributed by atoms with van der Waals surface area (Å²) >= 11 is 0. The third-order valence-corrected chi connectivity index (χ3v) is 3.64. The SMILES string of the molecule is N#Cc1cccc(-c2cc([C@H]3CCCN3C(=O)O)no2)c1. The molecule has 3 rings (SSSR count). The Morgan fingerprint density at radius 2 is 2.33 bits per heavy atom. The van der Waals surface area contributed by atoms with Crippen molar-refractivity contribution < 1.29 is 14.4 Å². The number of amides is 1. The van der Waals surface area contributed by atoms with Crippen LogP contribution in [0, 0.1) is 11.3 Å². The highest BCUT2D eigenvalue weighted by Crippen LogP contribution is 2.33. The zero-order chi connectivity index (χ0) is 14.8. The van der Waals surface area contributed by atoms with Gasteiger partial charge in [-0.25, -0.2) is 4.79 Å². The summed E-state index contributed by atoms with van der Waals surface area (Å²) in [6.07, 6.45) is 0.632. The molecule has 1 saturated heterocycles. The van der Waals surface area contributed by atoms with E-state index >= 15 is 0 Å². The van der Waals surface area contributed by atoms with Gasteiger partial charge in [0.1, 0.15) is 5.69 Å². The van der Waals surface area contributed by atoms with Crippen LogP contribution in [0.3, 0.4) is 0 Å².